The zero-order valence-corrected chi connectivity index (χ0v) is 4.50. The smallest absolute Gasteiger partial charge is 0.221 e. The van der Waals surface area contributed by atoms with Crippen molar-refractivity contribution in [3.05, 3.63) is 12.2 Å². The highest BCUT2D eigenvalue weighted by molar-refractivity contribution is 5.45. The lowest BCUT2D eigenvalue weighted by atomic mass is 10.6. The summed E-state index contributed by atoms with van der Waals surface area (Å²) in [4.78, 5) is 9.78. The van der Waals surface area contributed by atoms with Crippen LogP contribution in [0.2, 0.25) is 0 Å². The van der Waals surface area contributed by atoms with Crippen molar-refractivity contribution < 1.29 is 4.79 Å². The molecule has 1 N–H and O–H groups in total. The van der Waals surface area contributed by atoms with Crippen molar-refractivity contribution in [2.45, 2.75) is 0 Å². The molecule has 3 heteroatoms. The van der Waals surface area contributed by atoms with E-state index in [-0.39, 0.29) is 0 Å². The zero-order chi connectivity index (χ0) is 5.82. The molecule has 0 aliphatic carbocycles. The molecule has 0 unspecified atom stereocenters. The van der Waals surface area contributed by atoms with Gasteiger partial charge in [0, 0.05) is 13.1 Å². The molecule has 0 aromatic heterocycles. The van der Waals surface area contributed by atoms with Gasteiger partial charge in [0.05, 0.1) is 0 Å². The van der Waals surface area contributed by atoms with E-state index in [1.165, 1.54) is 0 Å². The van der Waals surface area contributed by atoms with Crippen molar-refractivity contribution in [1.29, 1.82) is 0 Å². The molecule has 0 fully saturated rings. The number of carbonyl (C=O) groups is 1. The number of amides is 1. The molecule has 8 heavy (non-hydrogen) atoms. The fourth-order valence-corrected chi connectivity index (χ4v) is 0.658. The third-order valence-corrected chi connectivity index (χ3v) is 1.05. The predicted molar refractivity (Wildman–Crippen MR) is 29.9 cm³/mol. The summed E-state index contributed by atoms with van der Waals surface area (Å²) in [6.45, 7) is 1.66. The maximum atomic E-state index is 9.78. The van der Waals surface area contributed by atoms with E-state index < -0.39 is 0 Å². The van der Waals surface area contributed by atoms with Gasteiger partial charge in [0.2, 0.25) is 6.41 Å². The van der Waals surface area contributed by atoms with Crippen LogP contribution in [0, 0.1) is 0 Å². The Balaban J connectivity index is 2.19. The van der Waals surface area contributed by atoms with E-state index in [1.807, 2.05) is 17.2 Å². The summed E-state index contributed by atoms with van der Waals surface area (Å²) in [6.07, 6.45) is 4.71. The van der Waals surface area contributed by atoms with Gasteiger partial charge in [0.15, 0.2) is 0 Å². The van der Waals surface area contributed by atoms with Crippen LogP contribution in [-0.2, 0) is 4.79 Å². The highest BCUT2D eigenvalue weighted by atomic mass is 16.1. The minimum absolute atomic E-state index is 0.688. The van der Waals surface area contributed by atoms with Crippen molar-refractivity contribution in [2.75, 3.05) is 13.1 Å². The van der Waals surface area contributed by atoms with Crippen LogP contribution in [0.15, 0.2) is 12.2 Å². The number of nitrogens with zero attached hydrogens (tertiary/aromatic N) is 1. The Bertz CT molecular complexity index is 103. The van der Waals surface area contributed by atoms with E-state index in [0.29, 0.717) is 6.41 Å². The predicted octanol–water partition coefficient (Wildman–Crippen LogP) is -0.481. The van der Waals surface area contributed by atoms with Crippen LogP contribution in [0.1, 0.15) is 0 Å². The summed E-state index contributed by atoms with van der Waals surface area (Å²) in [7, 11) is 0. The molecular formula is C5H8N2O. The van der Waals surface area contributed by atoms with Crippen LogP contribution >= 0.6 is 0 Å². The van der Waals surface area contributed by atoms with Crippen LogP contribution in [0.25, 0.3) is 0 Å². The van der Waals surface area contributed by atoms with E-state index in [4.69, 9.17) is 0 Å². The molecule has 1 rings (SSSR count). The minimum Gasteiger partial charge on any atom is -0.291 e. The molecule has 44 valence electrons. The highest BCUT2D eigenvalue weighted by Gasteiger charge is 2.01. The Hall–Kier alpha value is -0.830. The Morgan fingerprint density at radius 2 is 2.12 bits per heavy atom. The summed E-state index contributed by atoms with van der Waals surface area (Å²) in [6, 6.07) is 0. The standard InChI is InChI=1S/C5H8N2O/c8-5-6-7-3-1-2-4-7/h1-2,5H,3-4H2,(H,6,8). The molecule has 1 heterocycles. The van der Waals surface area contributed by atoms with E-state index >= 15 is 0 Å². The van der Waals surface area contributed by atoms with Crippen molar-refractivity contribution >= 4 is 6.41 Å². The Labute approximate surface area is 47.9 Å². The zero-order valence-electron chi connectivity index (χ0n) is 4.50. The van der Waals surface area contributed by atoms with Crippen molar-refractivity contribution in [3.8, 4) is 0 Å². The molecule has 0 atom stereocenters. The molecule has 0 aromatic rings. The van der Waals surface area contributed by atoms with Crippen molar-refractivity contribution in [2.24, 2.45) is 0 Å². The number of hydrogen-bond donors (Lipinski definition) is 1. The van der Waals surface area contributed by atoms with Gasteiger partial charge >= 0.3 is 0 Å². The topological polar surface area (TPSA) is 32.3 Å². The highest BCUT2D eigenvalue weighted by Crippen LogP contribution is 1.91. The van der Waals surface area contributed by atoms with Gasteiger partial charge in [-0.1, -0.05) is 12.2 Å². The average molecular weight is 112 g/mol. The number of carbonyl (C=O) groups excluding carboxylic acids is 1. The normalized spacial score (nSPS) is 19.0. The second kappa shape index (κ2) is 2.47. The summed E-state index contributed by atoms with van der Waals surface area (Å²) in [5.74, 6) is 0. The lowest BCUT2D eigenvalue weighted by Crippen LogP contribution is -2.34. The molecule has 1 amide bonds. The third kappa shape index (κ3) is 1.07. The van der Waals surface area contributed by atoms with Gasteiger partial charge in [0.1, 0.15) is 0 Å². The fraction of sp³-hybridized carbons (Fsp3) is 0.400. The van der Waals surface area contributed by atoms with Gasteiger partial charge in [-0.25, -0.2) is 5.01 Å². The van der Waals surface area contributed by atoms with Gasteiger partial charge in [-0.05, 0) is 0 Å². The SMILES string of the molecule is O=CNN1CC=CC1. The van der Waals surface area contributed by atoms with Gasteiger partial charge < -0.3 is 0 Å². The largest absolute Gasteiger partial charge is 0.291 e. The first-order chi connectivity index (χ1) is 3.93. The van der Waals surface area contributed by atoms with E-state index in [1.54, 1.807) is 0 Å². The van der Waals surface area contributed by atoms with Gasteiger partial charge in [-0.15, -0.1) is 0 Å². The Morgan fingerprint density at radius 3 is 2.62 bits per heavy atom. The lowest BCUT2D eigenvalue weighted by Gasteiger charge is -2.10. The quantitative estimate of drug-likeness (QED) is 0.386. The number of rotatable bonds is 2. The van der Waals surface area contributed by atoms with Crippen molar-refractivity contribution in [1.82, 2.24) is 10.4 Å². The molecule has 0 aromatic carbocycles. The summed E-state index contributed by atoms with van der Waals surface area (Å²) < 4.78 is 0. The van der Waals surface area contributed by atoms with Crippen molar-refractivity contribution in [3.63, 3.8) is 0 Å². The summed E-state index contributed by atoms with van der Waals surface area (Å²) >= 11 is 0. The number of nitrogens with one attached hydrogen (secondary N) is 1. The van der Waals surface area contributed by atoms with E-state index in [0.717, 1.165) is 13.1 Å². The molecule has 0 bridgehead atoms. The maximum absolute atomic E-state index is 9.78. The van der Waals surface area contributed by atoms with E-state index in [9.17, 15) is 4.79 Å². The van der Waals surface area contributed by atoms with Crippen LogP contribution in [0.4, 0.5) is 0 Å². The molecule has 3 nitrogen and oxygen atoms in total. The van der Waals surface area contributed by atoms with E-state index in [2.05, 4.69) is 5.43 Å². The van der Waals surface area contributed by atoms with Gasteiger partial charge in [-0.2, -0.15) is 0 Å². The molecule has 1 aliphatic heterocycles. The second-order valence-corrected chi connectivity index (χ2v) is 1.62. The first kappa shape index (κ1) is 5.31. The second-order valence-electron chi connectivity index (χ2n) is 1.62. The molecular weight excluding hydrogens is 104 g/mol. The molecule has 0 spiro atoms. The molecule has 0 saturated carbocycles. The van der Waals surface area contributed by atoms with Crippen LogP contribution in [-0.4, -0.2) is 24.5 Å². The number of hydrazine groups is 1. The monoisotopic (exact) mass is 112 g/mol. The fourth-order valence-electron chi connectivity index (χ4n) is 0.658. The lowest BCUT2D eigenvalue weighted by molar-refractivity contribution is -0.113. The Morgan fingerprint density at radius 1 is 1.50 bits per heavy atom. The first-order valence-corrected chi connectivity index (χ1v) is 2.53. The molecule has 0 radical (unpaired) electrons. The van der Waals surface area contributed by atoms with Crippen LogP contribution in [0.3, 0.4) is 0 Å². The summed E-state index contributed by atoms with van der Waals surface area (Å²) in [5, 5.41) is 1.81. The summed E-state index contributed by atoms with van der Waals surface area (Å²) in [5.41, 5.74) is 2.53. The maximum Gasteiger partial charge on any atom is 0.221 e. The number of hydrogen-bond acceptors (Lipinski definition) is 2. The van der Waals surface area contributed by atoms with Crippen LogP contribution < -0.4 is 5.43 Å². The molecule has 1 aliphatic rings. The first-order valence-electron chi connectivity index (χ1n) is 2.53. The molecule has 0 saturated heterocycles. The minimum atomic E-state index is 0.688. The average Bonchev–Trinajstić information content (AvgIpc) is 2.19. The third-order valence-electron chi connectivity index (χ3n) is 1.05. The van der Waals surface area contributed by atoms with Gasteiger partial charge in [0.25, 0.3) is 0 Å². The van der Waals surface area contributed by atoms with Crippen LogP contribution in [0.5, 0.6) is 0 Å². The Kier molecular flexibility index (Phi) is 1.64. The van der Waals surface area contributed by atoms with Gasteiger partial charge in [-0.3, -0.25) is 10.2 Å².